The Morgan fingerprint density at radius 3 is 2.76 bits per heavy atom. The molecular formula is C15H25N3O3. The summed E-state index contributed by atoms with van der Waals surface area (Å²) in [6.45, 7) is 8.76. The maximum absolute atomic E-state index is 11.4. The van der Waals surface area contributed by atoms with Gasteiger partial charge in [-0.15, -0.1) is 0 Å². The summed E-state index contributed by atoms with van der Waals surface area (Å²) in [5, 5.41) is 16.8. The molecule has 1 fully saturated rings. The number of aryl methyl sites for hydroxylation is 1. The van der Waals surface area contributed by atoms with Gasteiger partial charge in [-0.25, -0.2) is 0 Å². The van der Waals surface area contributed by atoms with E-state index in [1.165, 1.54) is 0 Å². The Morgan fingerprint density at radius 2 is 2.19 bits per heavy atom. The number of hydrogen-bond acceptors (Lipinski definition) is 5. The number of aliphatic carboxylic acids is 1. The Morgan fingerprint density at radius 1 is 1.48 bits per heavy atom. The molecule has 118 valence electrons. The highest BCUT2D eigenvalue weighted by molar-refractivity contribution is 5.71. The van der Waals surface area contributed by atoms with Crippen LogP contribution >= 0.6 is 0 Å². The van der Waals surface area contributed by atoms with Gasteiger partial charge >= 0.3 is 5.97 Å². The summed E-state index contributed by atoms with van der Waals surface area (Å²) in [4.78, 5) is 15.7. The Hall–Kier alpha value is -1.43. The first kappa shape index (κ1) is 15.9. The van der Waals surface area contributed by atoms with Gasteiger partial charge in [0.15, 0.2) is 5.82 Å². The highest BCUT2D eigenvalue weighted by Gasteiger charge is 2.46. The molecule has 0 amide bonds. The number of nitrogens with zero attached hydrogens (tertiary/aromatic N) is 2. The minimum Gasteiger partial charge on any atom is -0.481 e. The van der Waals surface area contributed by atoms with E-state index in [1.54, 1.807) is 0 Å². The average molecular weight is 295 g/mol. The normalized spacial score (nSPS) is 28.5. The first-order valence-electron chi connectivity index (χ1n) is 7.63. The molecule has 1 aliphatic rings. The van der Waals surface area contributed by atoms with E-state index in [2.05, 4.69) is 22.4 Å². The quantitative estimate of drug-likeness (QED) is 0.866. The lowest BCUT2D eigenvalue weighted by Crippen LogP contribution is -2.50. The van der Waals surface area contributed by atoms with Crippen molar-refractivity contribution in [2.45, 2.75) is 59.5 Å². The molecule has 0 spiro atoms. The fourth-order valence-electron chi connectivity index (χ4n) is 3.25. The Balaban J connectivity index is 1.97. The van der Waals surface area contributed by atoms with Crippen LogP contribution in [-0.2, 0) is 17.8 Å². The highest BCUT2D eigenvalue weighted by Crippen LogP contribution is 2.45. The summed E-state index contributed by atoms with van der Waals surface area (Å²) in [6, 6.07) is 0.277. The zero-order valence-electron chi connectivity index (χ0n) is 13.2. The van der Waals surface area contributed by atoms with Crippen molar-refractivity contribution in [3.63, 3.8) is 0 Å². The maximum atomic E-state index is 11.4. The zero-order chi connectivity index (χ0) is 15.6. The van der Waals surface area contributed by atoms with Gasteiger partial charge in [0.2, 0.25) is 5.89 Å². The average Bonchev–Trinajstić information content (AvgIpc) is 2.88. The molecule has 3 atom stereocenters. The second-order valence-electron chi connectivity index (χ2n) is 6.52. The fourth-order valence-corrected chi connectivity index (χ4v) is 3.25. The fraction of sp³-hybridized carbons (Fsp3) is 0.800. The molecule has 3 unspecified atom stereocenters. The molecule has 0 saturated heterocycles. The standard InChI is InChI=1S/C15H25N3O3/c1-5-13-17-12(18-21-13)8-16-11-7-6-10(14(19)20)15(3,4)9(11)2/h9-11,16H,5-8H2,1-4H3,(H,19,20). The van der Waals surface area contributed by atoms with Crippen LogP contribution in [0.1, 0.15) is 52.3 Å². The molecule has 0 bridgehead atoms. The molecule has 2 rings (SSSR count). The second-order valence-corrected chi connectivity index (χ2v) is 6.52. The topological polar surface area (TPSA) is 88.2 Å². The highest BCUT2D eigenvalue weighted by atomic mass is 16.5. The van der Waals surface area contributed by atoms with Crippen LogP contribution in [0.2, 0.25) is 0 Å². The summed E-state index contributed by atoms with van der Waals surface area (Å²) in [5.41, 5.74) is -0.229. The number of rotatable bonds is 5. The molecule has 1 aliphatic carbocycles. The van der Waals surface area contributed by atoms with Gasteiger partial charge in [-0.2, -0.15) is 4.98 Å². The van der Waals surface area contributed by atoms with Crippen LogP contribution in [0.25, 0.3) is 0 Å². The van der Waals surface area contributed by atoms with Crippen molar-refractivity contribution in [3.8, 4) is 0 Å². The van der Waals surface area contributed by atoms with Gasteiger partial charge in [-0.05, 0) is 24.2 Å². The molecule has 1 heterocycles. The van der Waals surface area contributed by atoms with Crippen molar-refractivity contribution in [3.05, 3.63) is 11.7 Å². The van der Waals surface area contributed by atoms with Crippen molar-refractivity contribution < 1.29 is 14.4 Å². The van der Waals surface area contributed by atoms with E-state index in [4.69, 9.17) is 4.52 Å². The lowest BCUT2D eigenvalue weighted by atomic mass is 9.61. The Bertz CT molecular complexity index is 498. The van der Waals surface area contributed by atoms with Crippen LogP contribution < -0.4 is 5.32 Å². The first-order valence-corrected chi connectivity index (χ1v) is 7.63. The van der Waals surface area contributed by atoms with Crippen molar-refractivity contribution in [2.24, 2.45) is 17.3 Å². The van der Waals surface area contributed by atoms with Gasteiger partial charge in [-0.1, -0.05) is 32.9 Å². The Kier molecular flexibility index (Phi) is 4.66. The first-order chi connectivity index (χ1) is 9.86. The molecule has 0 aliphatic heterocycles. The van der Waals surface area contributed by atoms with Gasteiger partial charge in [0.05, 0.1) is 12.5 Å². The zero-order valence-corrected chi connectivity index (χ0v) is 13.2. The lowest BCUT2D eigenvalue weighted by molar-refractivity contribution is -0.150. The van der Waals surface area contributed by atoms with Crippen LogP contribution in [0.15, 0.2) is 4.52 Å². The molecule has 21 heavy (non-hydrogen) atoms. The van der Waals surface area contributed by atoms with Gasteiger partial charge in [0.25, 0.3) is 0 Å². The lowest BCUT2D eigenvalue weighted by Gasteiger charge is -2.46. The van der Waals surface area contributed by atoms with Crippen molar-refractivity contribution >= 4 is 5.97 Å². The van der Waals surface area contributed by atoms with E-state index >= 15 is 0 Å². The predicted octanol–water partition coefficient (Wildman–Crippen LogP) is 2.25. The molecule has 0 radical (unpaired) electrons. The van der Waals surface area contributed by atoms with E-state index in [1.807, 2.05) is 20.8 Å². The largest absolute Gasteiger partial charge is 0.481 e. The number of carboxylic acid groups (broad SMARTS) is 1. The van der Waals surface area contributed by atoms with Gasteiger partial charge in [-0.3, -0.25) is 4.79 Å². The van der Waals surface area contributed by atoms with E-state index in [0.717, 1.165) is 12.8 Å². The number of aromatic nitrogens is 2. The smallest absolute Gasteiger partial charge is 0.307 e. The summed E-state index contributed by atoms with van der Waals surface area (Å²) in [6.07, 6.45) is 2.30. The van der Waals surface area contributed by atoms with Crippen molar-refractivity contribution in [1.29, 1.82) is 0 Å². The Labute approximate surface area is 125 Å². The second kappa shape index (κ2) is 6.13. The summed E-state index contributed by atoms with van der Waals surface area (Å²) in [7, 11) is 0. The molecule has 0 aromatic carbocycles. The monoisotopic (exact) mass is 295 g/mol. The molecule has 1 aromatic heterocycles. The number of hydrogen-bond donors (Lipinski definition) is 2. The number of nitrogens with one attached hydrogen (secondary N) is 1. The van der Waals surface area contributed by atoms with E-state index < -0.39 is 5.97 Å². The third kappa shape index (κ3) is 3.26. The predicted molar refractivity (Wildman–Crippen MR) is 77.6 cm³/mol. The van der Waals surface area contributed by atoms with Crippen LogP contribution in [0.4, 0.5) is 0 Å². The van der Waals surface area contributed by atoms with Gasteiger partial charge in [0, 0.05) is 12.5 Å². The number of carboxylic acids is 1. The minimum atomic E-state index is -0.684. The minimum absolute atomic E-state index is 0.229. The summed E-state index contributed by atoms with van der Waals surface area (Å²) >= 11 is 0. The van der Waals surface area contributed by atoms with Gasteiger partial charge in [0.1, 0.15) is 0 Å². The van der Waals surface area contributed by atoms with Crippen molar-refractivity contribution in [2.75, 3.05) is 0 Å². The van der Waals surface area contributed by atoms with E-state index in [9.17, 15) is 9.90 Å². The third-order valence-electron chi connectivity index (χ3n) is 5.07. The van der Waals surface area contributed by atoms with Crippen LogP contribution in [0, 0.1) is 17.3 Å². The molecule has 1 saturated carbocycles. The van der Waals surface area contributed by atoms with Crippen LogP contribution in [0.3, 0.4) is 0 Å². The third-order valence-corrected chi connectivity index (χ3v) is 5.07. The van der Waals surface area contributed by atoms with Crippen molar-refractivity contribution in [1.82, 2.24) is 15.5 Å². The molecule has 6 heteroatoms. The SMILES string of the molecule is CCc1nc(CNC2CCC(C(=O)O)C(C)(C)C2C)no1. The molecule has 1 aromatic rings. The molecular weight excluding hydrogens is 270 g/mol. The summed E-state index contributed by atoms with van der Waals surface area (Å²) in [5.74, 6) is 0.621. The molecule has 2 N–H and O–H groups in total. The van der Waals surface area contributed by atoms with Crippen LogP contribution in [0.5, 0.6) is 0 Å². The summed E-state index contributed by atoms with van der Waals surface area (Å²) < 4.78 is 5.09. The maximum Gasteiger partial charge on any atom is 0.307 e. The number of carbonyl (C=O) groups is 1. The van der Waals surface area contributed by atoms with E-state index in [0.29, 0.717) is 24.7 Å². The van der Waals surface area contributed by atoms with E-state index in [-0.39, 0.29) is 23.3 Å². The van der Waals surface area contributed by atoms with Gasteiger partial charge < -0.3 is 14.9 Å². The molecule has 6 nitrogen and oxygen atoms in total. The van der Waals surface area contributed by atoms with Crippen LogP contribution in [-0.4, -0.2) is 27.3 Å².